The number of aromatic nitrogens is 3. The van der Waals surface area contributed by atoms with Crippen molar-refractivity contribution in [1.82, 2.24) is 14.8 Å². The van der Waals surface area contributed by atoms with Crippen molar-refractivity contribution in [3.05, 3.63) is 6.33 Å². The van der Waals surface area contributed by atoms with Gasteiger partial charge in [0.2, 0.25) is 5.95 Å². The highest BCUT2D eigenvalue weighted by Gasteiger charge is 2.15. The average molecular weight is 213 g/mol. The summed E-state index contributed by atoms with van der Waals surface area (Å²) < 4.78 is 5.88. The van der Waals surface area contributed by atoms with E-state index in [4.69, 9.17) is 11.5 Å². The van der Waals surface area contributed by atoms with Gasteiger partial charge in [-0.15, -0.1) is 5.10 Å². The van der Waals surface area contributed by atoms with Crippen LogP contribution in [0.15, 0.2) is 6.33 Å². The first-order chi connectivity index (χ1) is 6.99. The van der Waals surface area contributed by atoms with Crippen LogP contribution in [0.2, 0.25) is 0 Å². The molecule has 0 radical (unpaired) electrons. The Bertz CT molecular complexity index is 374. The van der Waals surface area contributed by atoms with E-state index >= 15 is 0 Å². The van der Waals surface area contributed by atoms with Crippen LogP contribution in [-0.2, 0) is 20.9 Å². The zero-order valence-electron chi connectivity index (χ0n) is 8.08. The molecular formula is C7H11N5O3. The molecule has 0 aliphatic rings. The number of esters is 1. The van der Waals surface area contributed by atoms with Crippen LogP contribution in [0.3, 0.4) is 0 Å². The molecule has 0 fully saturated rings. The molecule has 1 atom stereocenters. The molecule has 82 valence electrons. The van der Waals surface area contributed by atoms with Gasteiger partial charge in [0.1, 0.15) is 12.9 Å². The quantitative estimate of drug-likeness (QED) is 0.572. The summed E-state index contributed by atoms with van der Waals surface area (Å²) in [6, 6.07) is 0. The summed E-state index contributed by atoms with van der Waals surface area (Å²) in [5, 5.41) is 3.67. The molecule has 0 saturated heterocycles. The first kappa shape index (κ1) is 11.0. The van der Waals surface area contributed by atoms with Crippen LogP contribution < -0.4 is 11.5 Å². The fraction of sp³-hybridized carbons (Fsp3) is 0.429. The van der Waals surface area contributed by atoms with E-state index in [9.17, 15) is 9.59 Å². The molecule has 8 heteroatoms. The molecule has 1 rings (SSSR count). The number of carbonyl (C=O) groups excluding carboxylic acids is 2. The second-order valence-corrected chi connectivity index (χ2v) is 2.83. The Hall–Kier alpha value is -2.12. The van der Waals surface area contributed by atoms with Gasteiger partial charge in [-0.3, -0.25) is 9.59 Å². The zero-order valence-corrected chi connectivity index (χ0v) is 8.08. The van der Waals surface area contributed by atoms with Crippen LogP contribution in [0.4, 0.5) is 5.95 Å². The van der Waals surface area contributed by atoms with Crippen LogP contribution in [0, 0.1) is 0 Å². The molecule has 8 nitrogen and oxygen atoms in total. The number of hydrogen-bond donors (Lipinski definition) is 2. The summed E-state index contributed by atoms with van der Waals surface area (Å²) in [5.41, 5.74) is 10.1. The third-order valence-corrected chi connectivity index (χ3v) is 1.55. The number of primary amides is 1. The fourth-order valence-corrected chi connectivity index (χ4v) is 0.810. The van der Waals surface area contributed by atoms with E-state index in [1.807, 2.05) is 0 Å². The molecule has 1 aromatic rings. The lowest BCUT2D eigenvalue weighted by atomic mass is 10.4. The molecule has 1 heterocycles. The van der Waals surface area contributed by atoms with Gasteiger partial charge in [-0.2, -0.15) is 0 Å². The van der Waals surface area contributed by atoms with E-state index in [0.29, 0.717) is 0 Å². The van der Waals surface area contributed by atoms with Crippen molar-refractivity contribution in [1.29, 1.82) is 0 Å². The van der Waals surface area contributed by atoms with E-state index in [2.05, 4.69) is 14.8 Å². The number of nitrogens with zero attached hydrogens (tertiary/aromatic N) is 3. The summed E-state index contributed by atoms with van der Waals surface area (Å²) in [6.45, 7) is 1.22. The van der Waals surface area contributed by atoms with Crippen molar-refractivity contribution in [2.45, 2.75) is 19.6 Å². The lowest BCUT2D eigenvalue weighted by Crippen LogP contribution is -2.31. The van der Waals surface area contributed by atoms with Crippen molar-refractivity contribution in [2.75, 3.05) is 5.73 Å². The second kappa shape index (κ2) is 4.40. The number of ether oxygens (including phenoxy) is 1. The van der Waals surface area contributed by atoms with Crippen LogP contribution in [0.5, 0.6) is 0 Å². The van der Waals surface area contributed by atoms with Crippen molar-refractivity contribution < 1.29 is 14.3 Å². The topological polar surface area (TPSA) is 126 Å². The lowest BCUT2D eigenvalue weighted by molar-refractivity contribution is -0.154. The van der Waals surface area contributed by atoms with Gasteiger partial charge >= 0.3 is 5.97 Å². The van der Waals surface area contributed by atoms with Gasteiger partial charge in [0.05, 0.1) is 0 Å². The Morgan fingerprint density at radius 3 is 2.80 bits per heavy atom. The molecule has 0 bridgehead atoms. The maximum atomic E-state index is 11.2. The number of nitrogen functional groups attached to an aromatic ring is 1. The van der Waals surface area contributed by atoms with Gasteiger partial charge in [-0.25, -0.2) is 9.67 Å². The number of amides is 1. The molecule has 0 aliphatic heterocycles. The molecule has 1 aromatic heterocycles. The average Bonchev–Trinajstić information content (AvgIpc) is 2.50. The summed E-state index contributed by atoms with van der Waals surface area (Å²) in [4.78, 5) is 25.4. The van der Waals surface area contributed by atoms with E-state index < -0.39 is 18.0 Å². The molecule has 0 spiro atoms. The molecule has 15 heavy (non-hydrogen) atoms. The molecule has 0 aromatic carbocycles. The molecule has 0 saturated carbocycles. The SMILES string of the molecule is CC(OC(=O)Cn1cnc(N)n1)C(N)=O. The fourth-order valence-electron chi connectivity index (χ4n) is 0.810. The van der Waals surface area contributed by atoms with E-state index in [-0.39, 0.29) is 12.5 Å². The Labute approximate surface area is 85.2 Å². The summed E-state index contributed by atoms with van der Waals surface area (Å²) in [5.74, 6) is -1.28. The Morgan fingerprint density at radius 1 is 1.67 bits per heavy atom. The second-order valence-electron chi connectivity index (χ2n) is 2.83. The number of hydrogen-bond acceptors (Lipinski definition) is 6. The van der Waals surface area contributed by atoms with E-state index in [1.54, 1.807) is 0 Å². The predicted molar refractivity (Wildman–Crippen MR) is 49.2 cm³/mol. The Kier molecular flexibility index (Phi) is 3.21. The highest BCUT2D eigenvalue weighted by atomic mass is 16.5. The van der Waals surface area contributed by atoms with Crippen molar-refractivity contribution >= 4 is 17.8 Å². The predicted octanol–water partition coefficient (Wildman–Crippen LogP) is -1.72. The smallest absolute Gasteiger partial charge is 0.328 e. The molecular weight excluding hydrogens is 202 g/mol. The molecule has 1 unspecified atom stereocenters. The monoisotopic (exact) mass is 213 g/mol. The van der Waals surface area contributed by atoms with Gasteiger partial charge < -0.3 is 16.2 Å². The first-order valence-electron chi connectivity index (χ1n) is 4.12. The Balaban J connectivity index is 2.46. The zero-order chi connectivity index (χ0) is 11.4. The Morgan fingerprint density at radius 2 is 2.33 bits per heavy atom. The third-order valence-electron chi connectivity index (χ3n) is 1.55. The minimum absolute atomic E-state index is 0.0609. The number of rotatable bonds is 4. The molecule has 1 amide bonds. The van der Waals surface area contributed by atoms with Crippen LogP contribution in [0.1, 0.15) is 6.92 Å². The maximum absolute atomic E-state index is 11.2. The van der Waals surface area contributed by atoms with E-state index in [0.717, 1.165) is 0 Å². The van der Waals surface area contributed by atoms with Crippen molar-refractivity contribution in [3.63, 3.8) is 0 Å². The highest BCUT2D eigenvalue weighted by molar-refractivity contribution is 5.81. The van der Waals surface area contributed by atoms with Crippen molar-refractivity contribution in [3.8, 4) is 0 Å². The van der Waals surface area contributed by atoms with Gasteiger partial charge in [-0.05, 0) is 6.92 Å². The van der Waals surface area contributed by atoms with Gasteiger partial charge in [0, 0.05) is 0 Å². The molecule has 0 aliphatic carbocycles. The van der Waals surface area contributed by atoms with Crippen LogP contribution in [0.25, 0.3) is 0 Å². The third kappa shape index (κ3) is 3.25. The molecule has 4 N–H and O–H groups in total. The largest absolute Gasteiger partial charge is 0.451 e. The first-order valence-corrected chi connectivity index (χ1v) is 4.12. The van der Waals surface area contributed by atoms with Crippen LogP contribution >= 0.6 is 0 Å². The highest BCUT2D eigenvalue weighted by Crippen LogP contribution is 1.94. The van der Waals surface area contributed by atoms with Crippen molar-refractivity contribution in [2.24, 2.45) is 5.73 Å². The van der Waals surface area contributed by atoms with Gasteiger partial charge in [0.15, 0.2) is 6.10 Å². The normalized spacial score (nSPS) is 12.1. The van der Waals surface area contributed by atoms with Gasteiger partial charge in [-0.1, -0.05) is 0 Å². The maximum Gasteiger partial charge on any atom is 0.328 e. The summed E-state index contributed by atoms with van der Waals surface area (Å²) in [6.07, 6.45) is 0.323. The standard InChI is InChI=1S/C7H11N5O3/c1-4(6(8)14)15-5(13)2-12-3-10-7(9)11-12/h3-4H,2H2,1H3,(H2,8,14)(H2,9,11). The minimum Gasteiger partial charge on any atom is -0.451 e. The summed E-state index contributed by atoms with van der Waals surface area (Å²) >= 11 is 0. The number of carbonyl (C=O) groups is 2. The minimum atomic E-state index is -0.960. The van der Waals surface area contributed by atoms with Gasteiger partial charge in [0.25, 0.3) is 5.91 Å². The summed E-state index contributed by atoms with van der Waals surface area (Å²) in [7, 11) is 0. The van der Waals surface area contributed by atoms with E-state index in [1.165, 1.54) is 17.9 Å². The number of anilines is 1. The number of nitrogens with two attached hydrogens (primary N) is 2. The lowest BCUT2D eigenvalue weighted by Gasteiger charge is -2.08. The van der Waals surface area contributed by atoms with Crippen LogP contribution in [-0.4, -0.2) is 32.7 Å².